The van der Waals surface area contributed by atoms with Gasteiger partial charge in [-0.25, -0.2) is 18.3 Å². The third kappa shape index (κ3) is 5.25. The lowest BCUT2D eigenvalue weighted by molar-refractivity contribution is 0.0696. The second-order valence-corrected chi connectivity index (χ2v) is 8.10. The highest BCUT2D eigenvalue weighted by Crippen LogP contribution is 2.33. The summed E-state index contributed by atoms with van der Waals surface area (Å²) >= 11 is 0. The van der Waals surface area contributed by atoms with Crippen molar-refractivity contribution in [2.24, 2.45) is 7.05 Å². The Balaban J connectivity index is 1.59. The molecule has 0 aliphatic heterocycles. The fourth-order valence-electron chi connectivity index (χ4n) is 3.74. The highest BCUT2D eigenvalue weighted by atomic mass is 19.3. The largest absolute Gasteiger partial charge is 0.478 e. The van der Waals surface area contributed by atoms with Crippen LogP contribution in [0.4, 0.5) is 8.78 Å². The Kier molecular flexibility index (Phi) is 7.10. The maximum absolute atomic E-state index is 13.8. The van der Waals surface area contributed by atoms with Crippen molar-refractivity contribution in [3.05, 3.63) is 101 Å². The quantitative estimate of drug-likeness (QED) is 0.315. The molecule has 1 aromatic heterocycles. The Bertz CT molecular complexity index is 1370. The van der Waals surface area contributed by atoms with Crippen LogP contribution in [-0.2, 0) is 7.05 Å². The highest BCUT2D eigenvalue weighted by Gasteiger charge is 2.30. The smallest absolute Gasteiger partial charge is 0.335 e. The van der Waals surface area contributed by atoms with Gasteiger partial charge in [0, 0.05) is 7.05 Å². The van der Waals surface area contributed by atoms with Gasteiger partial charge in [-0.2, -0.15) is 5.10 Å². The van der Waals surface area contributed by atoms with Gasteiger partial charge in [0.1, 0.15) is 17.0 Å². The Morgan fingerprint density at radius 3 is 2.14 bits per heavy atom. The molecule has 1 amide bonds. The van der Waals surface area contributed by atoms with Crippen LogP contribution in [0, 0.1) is 0 Å². The van der Waals surface area contributed by atoms with Crippen molar-refractivity contribution in [1.82, 2.24) is 15.1 Å². The molecular formula is C27H23F2N3O4. The second-order valence-electron chi connectivity index (χ2n) is 8.10. The van der Waals surface area contributed by atoms with E-state index in [2.05, 4.69) is 10.4 Å². The number of nitrogens with zero attached hydrogens (tertiary/aromatic N) is 2. The summed E-state index contributed by atoms with van der Waals surface area (Å²) in [6, 6.07) is 22.1. The number of amides is 1. The number of hydrogen-bond acceptors (Lipinski definition) is 4. The van der Waals surface area contributed by atoms with Crippen LogP contribution in [0.15, 0.2) is 78.9 Å². The molecule has 3 aromatic carbocycles. The van der Waals surface area contributed by atoms with Gasteiger partial charge in [0.2, 0.25) is 5.88 Å². The molecule has 0 aliphatic carbocycles. The number of rotatable bonds is 8. The van der Waals surface area contributed by atoms with Crippen molar-refractivity contribution < 1.29 is 28.2 Å². The van der Waals surface area contributed by atoms with E-state index in [4.69, 9.17) is 9.84 Å². The molecule has 1 unspecified atom stereocenters. The highest BCUT2D eigenvalue weighted by molar-refractivity contribution is 5.98. The summed E-state index contributed by atoms with van der Waals surface area (Å²) in [5, 5.41) is 15.5. The summed E-state index contributed by atoms with van der Waals surface area (Å²) in [6.07, 6.45) is -3.00. The van der Waals surface area contributed by atoms with Gasteiger partial charge >= 0.3 is 5.97 Å². The average molecular weight is 491 g/mol. The summed E-state index contributed by atoms with van der Waals surface area (Å²) < 4.78 is 34.5. The van der Waals surface area contributed by atoms with E-state index < -0.39 is 30.0 Å². The van der Waals surface area contributed by atoms with Gasteiger partial charge < -0.3 is 15.2 Å². The van der Waals surface area contributed by atoms with E-state index >= 15 is 0 Å². The van der Waals surface area contributed by atoms with E-state index in [0.29, 0.717) is 11.3 Å². The standard InChI is InChI=1S/C27H23F2N3O4/c1-16(17-8-10-20(11-9-17)27(34)35)30-25(33)22-23(24(28)29)31-32(2)26(22)36-21-14-12-19(13-15-21)18-6-4-3-5-7-18/h3-16,24H,1-2H3,(H,30,33)(H,34,35). The molecule has 0 spiro atoms. The average Bonchev–Trinajstić information content (AvgIpc) is 3.21. The molecule has 9 heteroatoms. The van der Waals surface area contributed by atoms with E-state index in [0.717, 1.165) is 15.8 Å². The third-order valence-electron chi connectivity index (χ3n) is 5.64. The number of aromatic carboxylic acids is 1. The molecule has 0 aliphatic rings. The normalized spacial score (nSPS) is 11.8. The number of halogens is 2. The molecule has 4 aromatic rings. The summed E-state index contributed by atoms with van der Waals surface area (Å²) in [6.45, 7) is 1.66. The first kappa shape index (κ1) is 24.6. The summed E-state index contributed by atoms with van der Waals surface area (Å²) in [4.78, 5) is 24.2. The minimum absolute atomic E-state index is 0.0958. The minimum Gasteiger partial charge on any atom is -0.478 e. The van der Waals surface area contributed by atoms with Crippen LogP contribution in [0.2, 0.25) is 0 Å². The van der Waals surface area contributed by atoms with E-state index in [1.54, 1.807) is 31.2 Å². The van der Waals surface area contributed by atoms with Gasteiger partial charge in [0.15, 0.2) is 0 Å². The summed E-state index contributed by atoms with van der Waals surface area (Å²) in [7, 11) is 1.42. The maximum atomic E-state index is 13.8. The molecule has 1 atom stereocenters. The molecule has 4 rings (SSSR count). The molecule has 0 saturated heterocycles. The molecule has 2 N–H and O–H groups in total. The zero-order valence-electron chi connectivity index (χ0n) is 19.5. The number of carboxylic acids is 1. The number of alkyl halides is 2. The van der Waals surface area contributed by atoms with Crippen molar-refractivity contribution in [1.29, 1.82) is 0 Å². The monoisotopic (exact) mass is 491 g/mol. The maximum Gasteiger partial charge on any atom is 0.335 e. The number of nitrogens with one attached hydrogen (secondary N) is 1. The van der Waals surface area contributed by atoms with Crippen molar-refractivity contribution in [2.75, 3.05) is 0 Å². The van der Waals surface area contributed by atoms with Crippen LogP contribution < -0.4 is 10.1 Å². The van der Waals surface area contributed by atoms with E-state index in [-0.39, 0.29) is 17.0 Å². The van der Waals surface area contributed by atoms with Gasteiger partial charge in [0.25, 0.3) is 12.3 Å². The predicted molar refractivity (Wildman–Crippen MR) is 129 cm³/mol. The van der Waals surface area contributed by atoms with Crippen molar-refractivity contribution in [2.45, 2.75) is 19.4 Å². The van der Waals surface area contributed by atoms with Crippen LogP contribution in [0.3, 0.4) is 0 Å². The fraction of sp³-hybridized carbons (Fsp3) is 0.148. The molecule has 36 heavy (non-hydrogen) atoms. The van der Waals surface area contributed by atoms with Gasteiger partial charge in [-0.15, -0.1) is 0 Å². The van der Waals surface area contributed by atoms with E-state index in [9.17, 15) is 18.4 Å². The second kappa shape index (κ2) is 10.4. The van der Waals surface area contributed by atoms with Crippen LogP contribution >= 0.6 is 0 Å². The van der Waals surface area contributed by atoms with Gasteiger partial charge in [-0.05, 0) is 47.9 Å². The van der Waals surface area contributed by atoms with Gasteiger partial charge in [-0.3, -0.25) is 4.79 Å². The lowest BCUT2D eigenvalue weighted by atomic mass is 10.1. The third-order valence-corrected chi connectivity index (χ3v) is 5.64. The van der Waals surface area contributed by atoms with Crippen molar-refractivity contribution >= 4 is 11.9 Å². The van der Waals surface area contributed by atoms with Crippen LogP contribution in [0.25, 0.3) is 11.1 Å². The number of ether oxygens (including phenoxy) is 1. The number of carbonyl (C=O) groups is 2. The number of carboxylic acid groups (broad SMARTS) is 1. The summed E-state index contributed by atoms with van der Waals surface area (Å²) in [5.74, 6) is -1.63. The lowest BCUT2D eigenvalue weighted by Gasteiger charge is -2.16. The van der Waals surface area contributed by atoms with Crippen molar-refractivity contribution in [3.63, 3.8) is 0 Å². The van der Waals surface area contributed by atoms with Crippen LogP contribution in [0.5, 0.6) is 11.6 Å². The number of carbonyl (C=O) groups excluding carboxylic acids is 1. The summed E-state index contributed by atoms with van der Waals surface area (Å²) in [5.41, 5.74) is 1.60. The lowest BCUT2D eigenvalue weighted by Crippen LogP contribution is -2.27. The molecule has 0 bridgehead atoms. The van der Waals surface area contributed by atoms with Crippen LogP contribution in [0.1, 0.15) is 51.4 Å². The van der Waals surface area contributed by atoms with Crippen LogP contribution in [-0.4, -0.2) is 26.8 Å². The topological polar surface area (TPSA) is 93.5 Å². The number of hydrogen-bond donors (Lipinski definition) is 2. The molecular weight excluding hydrogens is 468 g/mol. The minimum atomic E-state index is -3.00. The zero-order valence-corrected chi connectivity index (χ0v) is 19.5. The first-order valence-electron chi connectivity index (χ1n) is 11.1. The Hall–Kier alpha value is -4.53. The van der Waals surface area contributed by atoms with E-state index in [1.165, 1.54) is 19.2 Å². The Morgan fingerprint density at radius 1 is 0.944 bits per heavy atom. The fourth-order valence-corrected chi connectivity index (χ4v) is 3.74. The molecule has 1 heterocycles. The first-order valence-corrected chi connectivity index (χ1v) is 11.1. The molecule has 0 saturated carbocycles. The Morgan fingerprint density at radius 2 is 1.56 bits per heavy atom. The zero-order chi connectivity index (χ0) is 25.8. The first-order chi connectivity index (χ1) is 17.2. The molecule has 184 valence electrons. The van der Waals surface area contributed by atoms with Gasteiger partial charge in [-0.1, -0.05) is 54.6 Å². The molecule has 0 radical (unpaired) electrons. The van der Waals surface area contributed by atoms with Crippen molar-refractivity contribution in [3.8, 4) is 22.8 Å². The predicted octanol–water partition coefficient (Wildman–Crippen LogP) is 6.01. The molecule has 0 fully saturated rings. The van der Waals surface area contributed by atoms with Gasteiger partial charge in [0.05, 0.1) is 11.6 Å². The number of benzene rings is 3. The molecule has 7 nitrogen and oxygen atoms in total. The Labute approximate surface area is 206 Å². The SMILES string of the molecule is CC(NC(=O)c1c(C(F)F)nn(C)c1Oc1ccc(-c2ccccc2)cc1)c1ccc(C(=O)O)cc1. The number of aromatic nitrogens is 2. The van der Waals surface area contributed by atoms with E-state index in [1.807, 2.05) is 42.5 Å². The number of aryl methyl sites for hydroxylation is 1.